The number of aliphatic carboxylic acids is 1. The molecule has 128 valence electrons. The highest BCUT2D eigenvalue weighted by molar-refractivity contribution is 6.05. The predicted octanol–water partition coefficient (Wildman–Crippen LogP) is 3.02. The summed E-state index contributed by atoms with van der Waals surface area (Å²) in [6.07, 6.45) is 0. The summed E-state index contributed by atoms with van der Waals surface area (Å²) in [7, 11) is 0. The highest BCUT2D eigenvalue weighted by atomic mass is 16.4. The maximum absolute atomic E-state index is 12.4. The molecule has 1 aromatic heterocycles. The zero-order chi connectivity index (χ0) is 18.2. The van der Waals surface area contributed by atoms with Crippen LogP contribution >= 0.6 is 0 Å². The number of nitrogens with two attached hydrogens (primary N) is 1. The summed E-state index contributed by atoms with van der Waals surface area (Å²) in [6, 6.07) is 11.6. The number of fused-ring (bicyclic) bond motifs is 1. The lowest BCUT2D eigenvalue weighted by molar-refractivity contribution is -0.142. The molecule has 0 aliphatic carbocycles. The topological polar surface area (TPSA) is 118 Å². The van der Waals surface area contributed by atoms with Crippen LogP contribution in [-0.4, -0.2) is 22.0 Å². The second-order valence-corrected chi connectivity index (χ2v) is 6.20. The van der Waals surface area contributed by atoms with Crippen molar-refractivity contribution >= 4 is 34.7 Å². The number of carbonyl (C=O) groups is 2. The van der Waals surface area contributed by atoms with Crippen molar-refractivity contribution in [1.29, 1.82) is 0 Å². The van der Waals surface area contributed by atoms with E-state index in [1.807, 2.05) is 0 Å². The number of hydrogen-bond acceptors (Lipinski definition) is 5. The van der Waals surface area contributed by atoms with Gasteiger partial charge in [0.05, 0.1) is 5.41 Å². The van der Waals surface area contributed by atoms with E-state index in [0.29, 0.717) is 27.9 Å². The third-order valence-electron chi connectivity index (χ3n) is 4.07. The number of anilines is 2. The largest absolute Gasteiger partial charge is 0.481 e. The van der Waals surface area contributed by atoms with Gasteiger partial charge in [-0.3, -0.25) is 9.59 Å². The van der Waals surface area contributed by atoms with Crippen LogP contribution in [0.3, 0.4) is 0 Å². The van der Waals surface area contributed by atoms with E-state index >= 15 is 0 Å². The first-order chi connectivity index (χ1) is 11.8. The number of carboxylic acid groups (broad SMARTS) is 1. The molecule has 25 heavy (non-hydrogen) atoms. The summed E-state index contributed by atoms with van der Waals surface area (Å²) in [5.74, 6) is -1.23. The molecule has 7 nitrogen and oxygen atoms in total. The maximum Gasteiger partial charge on any atom is 0.313 e. The van der Waals surface area contributed by atoms with Crippen LogP contribution in [0.5, 0.6) is 0 Å². The first-order valence-electron chi connectivity index (χ1n) is 7.59. The van der Waals surface area contributed by atoms with Crippen LogP contribution in [0.4, 0.5) is 11.7 Å². The van der Waals surface area contributed by atoms with Gasteiger partial charge >= 0.3 is 5.97 Å². The molecule has 0 radical (unpaired) electrons. The predicted molar refractivity (Wildman–Crippen MR) is 93.5 cm³/mol. The summed E-state index contributed by atoms with van der Waals surface area (Å²) in [4.78, 5) is 27.6. The number of oxazole rings is 1. The van der Waals surface area contributed by atoms with Crippen molar-refractivity contribution in [3.8, 4) is 0 Å². The second kappa shape index (κ2) is 5.94. The fourth-order valence-corrected chi connectivity index (χ4v) is 2.38. The Morgan fingerprint density at radius 2 is 1.84 bits per heavy atom. The molecule has 0 aliphatic rings. The number of carboxylic acids is 1. The van der Waals surface area contributed by atoms with E-state index in [1.54, 1.807) is 56.3 Å². The molecule has 0 atom stereocenters. The van der Waals surface area contributed by atoms with Crippen molar-refractivity contribution in [2.75, 3.05) is 11.1 Å². The Bertz CT molecular complexity index is 958. The van der Waals surface area contributed by atoms with Crippen molar-refractivity contribution in [1.82, 2.24) is 4.98 Å². The molecule has 0 aliphatic heterocycles. The van der Waals surface area contributed by atoms with Gasteiger partial charge in [-0.05, 0) is 49.7 Å². The Balaban J connectivity index is 1.79. The lowest BCUT2D eigenvalue weighted by Crippen LogP contribution is -2.28. The number of amides is 1. The fraction of sp³-hybridized carbons (Fsp3) is 0.167. The number of benzene rings is 2. The number of nitrogen functional groups attached to an aromatic ring is 1. The van der Waals surface area contributed by atoms with E-state index in [-0.39, 0.29) is 11.9 Å². The number of hydrogen-bond donors (Lipinski definition) is 3. The summed E-state index contributed by atoms with van der Waals surface area (Å²) in [5, 5.41) is 12.0. The number of rotatable bonds is 4. The van der Waals surface area contributed by atoms with Gasteiger partial charge in [-0.2, -0.15) is 4.98 Å². The normalized spacial score (nSPS) is 11.4. The van der Waals surface area contributed by atoms with Gasteiger partial charge in [0.2, 0.25) is 0 Å². The summed E-state index contributed by atoms with van der Waals surface area (Å²) in [5.41, 5.74) is 7.12. The Morgan fingerprint density at radius 1 is 1.16 bits per heavy atom. The minimum Gasteiger partial charge on any atom is -0.481 e. The fourth-order valence-electron chi connectivity index (χ4n) is 2.38. The zero-order valence-electron chi connectivity index (χ0n) is 13.7. The zero-order valence-corrected chi connectivity index (χ0v) is 13.7. The average molecular weight is 339 g/mol. The standard InChI is InChI=1S/C18H17N3O4/c1-18(2,16(23)24)11-4-6-12(7-5-11)20-15(22)10-3-8-13-14(9-10)25-17(19)21-13/h3-9H,1-2H3,(H2,19,21)(H,20,22)(H,23,24). The number of aromatic nitrogens is 1. The van der Waals surface area contributed by atoms with Crippen molar-refractivity contribution in [2.24, 2.45) is 0 Å². The van der Waals surface area contributed by atoms with E-state index in [9.17, 15) is 14.7 Å². The smallest absolute Gasteiger partial charge is 0.313 e. The van der Waals surface area contributed by atoms with Crippen molar-refractivity contribution in [3.05, 3.63) is 53.6 Å². The molecule has 4 N–H and O–H groups in total. The summed E-state index contributed by atoms with van der Waals surface area (Å²) in [6.45, 7) is 3.25. The molecule has 0 fully saturated rings. The number of carbonyl (C=O) groups excluding carboxylic acids is 1. The lowest BCUT2D eigenvalue weighted by atomic mass is 9.85. The van der Waals surface area contributed by atoms with Crippen LogP contribution in [0.15, 0.2) is 46.9 Å². The number of nitrogens with zero attached hydrogens (tertiary/aromatic N) is 1. The van der Waals surface area contributed by atoms with Gasteiger partial charge in [0.25, 0.3) is 11.9 Å². The van der Waals surface area contributed by atoms with Crippen molar-refractivity contribution in [2.45, 2.75) is 19.3 Å². The van der Waals surface area contributed by atoms with Crippen LogP contribution in [0.1, 0.15) is 29.8 Å². The summed E-state index contributed by atoms with van der Waals surface area (Å²) >= 11 is 0. The molecule has 7 heteroatoms. The van der Waals surface area contributed by atoms with Crippen molar-refractivity contribution < 1.29 is 19.1 Å². The molecule has 0 saturated carbocycles. The van der Waals surface area contributed by atoms with Crippen molar-refractivity contribution in [3.63, 3.8) is 0 Å². The van der Waals surface area contributed by atoms with Crippen LogP contribution in [0.2, 0.25) is 0 Å². The third kappa shape index (κ3) is 3.16. The van der Waals surface area contributed by atoms with Gasteiger partial charge in [0, 0.05) is 11.3 Å². The van der Waals surface area contributed by atoms with E-state index in [2.05, 4.69) is 10.3 Å². The van der Waals surface area contributed by atoms with E-state index < -0.39 is 11.4 Å². The average Bonchev–Trinajstić information content (AvgIpc) is 2.94. The van der Waals surface area contributed by atoms with Crippen LogP contribution < -0.4 is 11.1 Å². The van der Waals surface area contributed by atoms with Gasteiger partial charge < -0.3 is 20.6 Å². The van der Waals surface area contributed by atoms with Crippen LogP contribution in [0.25, 0.3) is 11.1 Å². The Labute approximate surface area is 143 Å². The molecular weight excluding hydrogens is 322 g/mol. The van der Waals surface area contributed by atoms with Gasteiger partial charge in [0.1, 0.15) is 5.52 Å². The second-order valence-electron chi connectivity index (χ2n) is 6.20. The van der Waals surface area contributed by atoms with E-state index in [0.717, 1.165) is 0 Å². The molecule has 0 saturated heterocycles. The Kier molecular flexibility index (Phi) is 3.92. The molecule has 1 amide bonds. The maximum atomic E-state index is 12.4. The van der Waals surface area contributed by atoms with E-state index in [1.165, 1.54) is 0 Å². The molecule has 3 rings (SSSR count). The quantitative estimate of drug-likeness (QED) is 0.672. The van der Waals surface area contributed by atoms with Gasteiger partial charge in [-0.1, -0.05) is 12.1 Å². The monoisotopic (exact) mass is 339 g/mol. The first-order valence-corrected chi connectivity index (χ1v) is 7.59. The first kappa shape index (κ1) is 16.5. The lowest BCUT2D eigenvalue weighted by Gasteiger charge is -2.19. The third-order valence-corrected chi connectivity index (χ3v) is 4.07. The Hall–Kier alpha value is -3.35. The molecule has 2 aromatic carbocycles. The molecule has 0 spiro atoms. The molecule has 1 heterocycles. The molecule has 0 bridgehead atoms. The number of nitrogens with one attached hydrogen (secondary N) is 1. The van der Waals surface area contributed by atoms with Gasteiger partial charge in [-0.15, -0.1) is 0 Å². The molecule has 3 aromatic rings. The Morgan fingerprint density at radius 3 is 2.48 bits per heavy atom. The minimum absolute atomic E-state index is 0.0455. The van der Waals surface area contributed by atoms with E-state index in [4.69, 9.17) is 10.2 Å². The van der Waals surface area contributed by atoms with Gasteiger partial charge in [-0.25, -0.2) is 0 Å². The van der Waals surface area contributed by atoms with Crippen LogP contribution in [-0.2, 0) is 10.2 Å². The molecule has 0 unspecified atom stereocenters. The minimum atomic E-state index is -1.00. The van der Waals surface area contributed by atoms with Gasteiger partial charge in [0.15, 0.2) is 5.58 Å². The summed E-state index contributed by atoms with van der Waals surface area (Å²) < 4.78 is 5.22. The SMILES string of the molecule is CC(C)(C(=O)O)c1ccc(NC(=O)c2ccc3nc(N)oc3c2)cc1. The molecular formula is C18H17N3O4. The highest BCUT2D eigenvalue weighted by Crippen LogP contribution is 2.25. The van der Waals surface area contributed by atoms with Crippen LogP contribution in [0, 0.1) is 0 Å². The highest BCUT2D eigenvalue weighted by Gasteiger charge is 2.29.